The van der Waals surface area contributed by atoms with E-state index in [4.69, 9.17) is 4.98 Å². The lowest BCUT2D eigenvalue weighted by Gasteiger charge is -2.23. The number of rotatable bonds is 1. The first-order chi connectivity index (χ1) is 15.0. The fourth-order valence-electron chi connectivity index (χ4n) is 5.03. The van der Waals surface area contributed by atoms with Crippen molar-refractivity contribution in [1.82, 2.24) is 4.98 Å². The van der Waals surface area contributed by atoms with Gasteiger partial charge in [0.2, 0.25) is 0 Å². The first-order valence-electron chi connectivity index (χ1n) is 11.7. The van der Waals surface area contributed by atoms with E-state index in [2.05, 4.69) is 103 Å². The molecule has 5 rings (SSSR count). The van der Waals surface area contributed by atoms with E-state index in [9.17, 15) is 0 Å². The Balaban J connectivity index is 1.92. The summed E-state index contributed by atoms with van der Waals surface area (Å²) in [6.45, 7) is 16.0. The molecule has 0 saturated heterocycles. The normalized spacial score (nSPS) is 13.0. The molecule has 0 radical (unpaired) electrons. The second-order valence-electron chi connectivity index (χ2n) is 11.7. The maximum Gasteiger partial charge on any atom is 0.0792 e. The molecule has 32 heavy (non-hydrogen) atoms. The smallest absolute Gasteiger partial charge is 0.0792 e. The third-order valence-corrected chi connectivity index (χ3v) is 6.56. The van der Waals surface area contributed by atoms with Gasteiger partial charge < -0.3 is 0 Å². The molecule has 0 aliphatic heterocycles. The predicted octanol–water partition coefficient (Wildman–Crippen LogP) is 8.74. The van der Waals surface area contributed by atoms with Crippen molar-refractivity contribution in [3.63, 3.8) is 0 Å². The van der Waals surface area contributed by atoms with E-state index in [1.165, 1.54) is 55.3 Å². The van der Waals surface area contributed by atoms with Crippen LogP contribution in [0.1, 0.15) is 58.2 Å². The van der Waals surface area contributed by atoms with E-state index in [0.29, 0.717) is 0 Å². The molecule has 4 aromatic rings. The Bertz CT molecular complexity index is 1360. The zero-order chi connectivity index (χ0) is 22.8. The van der Waals surface area contributed by atoms with Gasteiger partial charge in [0.05, 0.1) is 5.69 Å². The Kier molecular flexibility index (Phi) is 4.60. The average Bonchev–Trinajstić information content (AvgIpc) is 2.81. The monoisotopic (exact) mass is 419 g/mol. The molecule has 0 N–H and O–H groups in total. The Morgan fingerprint density at radius 1 is 0.688 bits per heavy atom. The van der Waals surface area contributed by atoms with Crippen LogP contribution >= 0.6 is 0 Å². The molecule has 0 bridgehead atoms. The number of pyridine rings is 1. The van der Waals surface area contributed by atoms with Gasteiger partial charge in [-0.3, -0.25) is 4.98 Å². The van der Waals surface area contributed by atoms with Gasteiger partial charge in [0, 0.05) is 17.1 Å². The highest BCUT2D eigenvalue weighted by Crippen LogP contribution is 2.48. The molecule has 0 atom stereocenters. The van der Waals surface area contributed by atoms with E-state index >= 15 is 0 Å². The van der Waals surface area contributed by atoms with Gasteiger partial charge in [-0.25, -0.2) is 0 Å². The molecule has 1 aromatic heterocycles. The third-order valence-electron chi connectivity index (χ3n) is 6.56. The first-order valence-corrected chi connectivity index (χ1v) is 11.7. The highest BCUT2D eigenvalue weighted by atomic mass is 14.7. The standard InChI is InChI=1S/C31H33N/c1-19-8-10-24-25(14-19)26-15-20(18-30(2,3)4)9-11-23(26)27-17-22(31(5,6)7)16-21-12-13-32-29(24)28(21)27/h8-17H,18H2,1-7H3. The first kappa shape index (κ1) is 20.9. The molecule has 3 aromatic carbocycles. The van der Waals surface area contributed by atoms with Gasteiger partial charge in [-0.1, -0.05) is 89.6 Å². The van der Waals surface area contributed by atoms with Crippen molar-refractivity contribution in [2.24, 2.45) is 5.41 Å². The molecular formula is C31H33N. The van der Waals surface area contributed by atoms with Crippen molar-refractivity contribution in [3.05, 3.63) is 77.5 Å². The zero-order valence-electron chi connectivity index (χ0n) is 20.4. The number of hydrogen-bond acceptors (Lipinski definition) is 1. The summed E-state index contributed by atoms with van der Waals surface area (Å²) in [5.74, 6) is 0. The lowest BCUT2D eigenvalue weighted by Crippen LogP contribution is -2.11. The number of aryl methyl sites for hydroxylation is 1. The summed E-state index contributed by atoms with van der Waals surface area (Å²) in [6.07, 6.45) is 3.03. The number of benzene rings is 3. The molecule has 0 amide bonds. The van der Waals surface area contributed by atoms with Crippen LogP contribution in [-0.4, -0.2) is 4.98 Å². The molecule has 1 heterocycles. The van der Waals surface area contributed by atoms with E-state index in [0.717, 1.165) is 12.1 Å². The van der Waals surface area contributed by atoms with Crippen molar-refractivity contribution in [2.75, 3.05) is 0 Å². The van der Waals surface area contributed by atoms with E-state index < -0.39 is 0 Å². The molecule has 162 valence electrons. The van der Waals surface area contributed by atoms with Crippen LogP contribution in [0, 0.1) is 12.3 Å². The lowest BCUT2D eigenvalue weighted by atomic mass is 9.82. The maximum atomic E-state index is 4.93. The summed E-state index contributed by atoms with van der Waals surface area (Å²) in [5, 5.41) is 2.54. The van der Waals surface area contributed by atoms with E-state index in [1.54, 1.807) is 0 Å². The topological polar surface area (TPSA) is 12.9 Å². The summed E-state index contributed by atoms with van der Waals surface area (Å²) in [4.78, 5) is 4.93. The summed E-state index contributed by atoms with van der Waals surface area (Å²) >= 11 is 0. The molecule has 1 aliphatic rings. The Morgan fingerprint density at radius 3 is 2.12 bits per heavy atom. The molecule has 0 saturated carbocycles. The van der Waals surface area contributed by atoms with Crippen molar-refractivity contribution in [1.29, 1.82) is 0 Å². The van der Waals surface area contributed by atoms with Crippen LogP contribution in [0.4, 0.5) is 0 Å². The number of hydrogen-bond donors (Lipinski definition) is 0. The summed E-state index contributed by atoms with van der Waals surface area (Å²) < 4.78 is 0. The van der Waals surface area contributed by atoms with Gasteiger partial charge >= 0.3 is 0 Å². The molecule has 1 nitrogen and oxygen atoms in total. The SMILES string of the molecule is Cc1ccc2c(c1)-c1cc(CC(C)(C)C)ccc1-c1cc(C(C)(C)C)cc3ccnc-2c13. The Labute approximate surface area is 192 Å². The van der Waals surface area contributed by atoms with Crippen molar-refractivity contribution < 1.29 is 0 Å². The van der Waals surface area contributed by atoms with E-state index in [1.807, 2.05) is 6.20 Å². The molecular weight excluding hydrogens is 386 g/mol. The van der Waals surface area contributed by atoms with Crippen LogP contribution in [0.15, 0.2) is 60.8 Å². The number of fused-ring (bicyclic) bond motifs is 5. The summed E-state index contributed by atoms with van der Waals surface area (Å²) in [5.41, 5.74) is 12.0. The number of aromatic nitrogens is 1. The number of nitrogens with zero attached hydrogens (tertiary/aromatic N) is 1. The minimum atomic E-state index is 0.0796. The van der Waals surface area contributed by atoms with Crippen LogP contribution in [0.25, 0.3) is 44.3 Å². The zero-order valence-corrected chi connectivity index (χ0v) is 20.4. The van der Waals surface area contributed by atoms with Gasteiger partial charge in [-0.15, -0.1) is 0 Å². The van der Waals surface area contributed by atoms with Crippen molar-refractivity contribution in [2.45, 2.75) is 60.3 Å². The van der Waals surface area contributed by atoms with Crippen molar-refractivity contribution >= 4 is 10.8 Å². The summed E-state index contributed by atoms with van der Waals surface area (Å²) in [7, 11) is 0. The molecule has 0 unspecified atom stereocenters. The van der Waals surface area contributed by atoms with Gasteiger partial charge in [-0.05, 0) is 75.1 Å². The molecule has 1 aliphatic carbocycles. The minimum absolute atomic E-state index is 0.0796. The van der Waals surface area contributed by atoms with Gasteiger partial charge in [0.25, 0.3) is 0 Å². The van der Waals surface area contributed by atoms with Crippen LogP contribution in [0.3, 0.4) is 0 Å². The highest BCUT2D eigenvalue weighted by Gasteiger charge is 2.25. The van der Waals surface area contributed by atoms with Crippen LogP contribution < -0.4 is 0 Å². The molecule has 0 fully saturated rings. The Morgan fingerprint density at radius 2 is 1.41 bits per heavy atom. The predicted molar refractivity (Wildman–Crippen MR) is 138 cm³/mol. The second kappa shape index (κ2) is 7.04. The van der Waals surface area contributed by atoms with Gasteiger partial charge in [0.15, 0.2) is 0 Å². The van der Waals surface area contributed by atoms with Gasteiger partial charge in [-0.2, -0.15) is 0 Å². The Hall–Kier alpha value is -2.93. The molecule has 0 spiro atoms. The van der Waals surface area contributed by atoms with Gasteiger partial charge in [0.1, 0.15) is 0 Å². The second-order valence-corrected chi connectivity index (χ2v) is 11.7. The van der Waals surface area contributed by atoms with Crippen LogP contribution in [0.5, 0.6) is 0 Å². The van der Waals surface area contributed by atoms with Crippen LogP contribution in [0.2, 0.25) is 0 Å². The van der Waals surface area contributed by atoms with Crippen LogP contribution in [-0.2, 0) is 11.8 Å². The van der Waals surface area contributed by atoms with E-state index in [-0.39, 0.29) is 10.8 Å². The fraction of sp³-hybridized carbons (Fsp3) is 0.323. The summed E-state index contributed by atoms with van der Waals surface area (Å²) in [6, 6.07) is 20.9. The lowest BCUT2D eigenvalue weighted by molar-refractivity contribution is 0.411. The minimum Gasteiger partial charge on any atom is -0.256 e. The highest BCUT2D eigenvalue weighted by molar-refractivity contribution is 6.12. The maximum absolute atomic E-state index is 4.93. The fourth-order valence-corrected chi connectivity index (χ4v) is 5.03. The average molecular weight is 420 g/mol. The van der Waals surface area contributed by atoms with Crippen molar-refractivity contribution in [3.8, 4) is 33.5 Å². The quantitative estimate of drug-likeness (QED) is 0.265. The third kappa shape index (κ3) is 3.54. The molecule has 1 heteroatoms. The largest absolute Gasteiger partial charge is 0.256 e.